The highest BCUT2D eigenvalue weighted by atomic mass is 32.1. The van der Waals surface area contributed by atoms with E-state index < -0.39 is 0 Å². The molecule has 3 heterocycles. The fourth-order valence-corrected chi connectivity index (χ4v) is 3.82. The molecule has 1 fully saturated rings. The molecular formula is C19H19N3O3S. The molecule has 1 unspecified atom stereocenters. The highest BCUT2D eigenvalue weighted by Gasteiger charge is 2.29. The lowest BCUT2D eigenvalue weighted by Crippen LogP contribution is -2.39. The molecular weight excluding hydrogens is 350 g/mol. The zero-order valence-electron chi connectivity index (χ0n) is 14.4. The molecule has 2 aromatic heterocycles. The van der Waals surface area contributed by atoms with Crippen molar-refractivity contribution in [2.24, 2.45) is 0 Å². The van der Waals surface area contributed by atoms with Crippen molar-refractivity contribution in [3.05, 3.63) is 53.2 Å². The number of methoxy groups -OCH3 is 1. The van der Waals surface area contributed by atoms with Gasteiger partial charge >= 0.3 is 0 Å². The number of rotatable bonds is 4. The minimum Gasteiger partial charge on any atom is -0.497 e. The third-order valence-electron chi connectivity index (χ3n) is 4.57. The van der Waals surface area contributed by atoms with E-state index in [4.69, 9.17) is 9.15 Å². The van der Waals surface area contributed by atoms with E-state index in [1.54, 1.807) is 42.7 Å². The topological polar surface area (TPSA) is 68.5 Å². The largest absolute Gasteiger partial charge is 0.497 e. The molecule has 3 aromatic rings. The number of nitrogens with zero attached hydrogens (tertiary/aromatic N) is 3. The van der Waals surface area contributed by atoms with E-state index in [0.29, 0.717) is 23.9 Å². The van der Waals surface area contributed by atoms with Crippen LogP contribution in [0, 0.1) is 0 Å². The van der Waals surface area contributed by atoms with Crippen LogP contribution in [0.1, 0.15) is 35.0 Å². The lowest BCUT2D eigenvalue weighted by molar-refractivity contribution is 0.0698. The summed E-state index contributed by atoms with van der Waals surface area (Å²) in [6.45, 7) is 1.34. The van der Waals surface area contributed by atoms with Gasteiger partial charge in [0.25, 0.3) is 11.8 Å². The number of carbonyl (C=O) groups is 1. The molecule has 1 aliphatic rings. The molecule has 134 valence electrons. The fourth-order valence-electron chi connectivity index (χ4n) is 3.18. The molecule has 0 bridgehead atoms. The second-order valence-corrected chi connectivity index (χ2v) is 7.19. The SMILES string of the molecule is COc1ccc(C(=O)N2CCCC(c3nnc(-c4cccs4)o3)C2)cc1. The number of hydrogen-bond acceptors (Lipinski definition) is 6. The van der Waals surface area contributed by atoms with Crippen molar-refractivity contribution < 1.29 is 13.9 Å². The number of aromatic nitrogens is 2. The zero-order valence-corrected chi connectivity index (χ0v) is 15.2. The lowest BCUT2D eigenvalue weighted by Gasteiger charge is -2.31. The van der Waals surface area contributed by atoms with Crippen LogP contribution < -0.4 is 4.74 Å². The number of carbonyl (C=O) groups excluding carboxylic acids is 1. The highest BCUT2D eigenvalue weighted by Crippen LogP contribution is 2.30. The average molecular weight is 369 g/mol. The number of likely N-dealkylation sites (tertiary alicyclic amines) is 1. The third kappa shape index (κ3) is 3.35. The van der Waals surface area contributed by atoms with Crippen molar-refractivity contribution in [2.45, 2.75) is 18.8 Å². The summed E-state index contributed by atoms with van der Waals surface area (Å²) < 4.78 is 11.0. The first-order valence-corrected chi connectivity index (χ1v) is 9.43. The molecule has 1 aliphatic heterocycles. The van der Waals surface area contributed by atoms with E-state index in [2.05, 4.69) is 10.2 Å². The Kier molecular flexibility index (Phi) is 4.71. The normalized spacial score (nSPS) is 17.3. The van der Waals surface area contributed by atoms with Crippen LogP contribution in [0.3, 0.4) is 0 Å². The van der Waals surface area contributed by atoms with Crippen LogP contribution in [0.15, 0.2) is 46.2 Å². The Hall–Kier alpha value is -2.67. The zero-order chi connectivity index (χ0) is 17.9. The van der Waals surface area contributed by atoms with E-state index in [0.717, 1.165) is 30.0 Å². The van der Waals surface area contributed by atoms with E-state index in [1.165, 1.54) is 0 Å². The maximum Gasteiger partial charge on any atom is 0.257 e. The first-order chi connectivity index (χ1) is 12.7. The van der Waals surface area contributed by atoms with Gasteiger partial charge in [-0.3, -0.25) is 4.79 Å². The molecule has 0 N–H and O–H groups in total. The Morgan fingerprint density at radius 3 is 2.85 bits per heavy atom. The van der Waals surface area contributed by atoms with Crippen molar-refractivity contribution in [3.63, 3.8) is 0 Å². The van der Waals surface area contributed by atoms with Gasteiger partial charge in [0.05, 0.1) is 17.9 Å². The molecule has 26 heavy (non-hydrogen) atoms. The molecule has 1 aromatic carbocycles. The number of ether oxygens (including phenoxy) is 1. The van der Waals surface area contributed by atoms with Gasteiger partial charge in [0.15, 0.2) is 0 Å². The van der Waals surface area contributed by atoms with Gasteiger partial charge in [-0.2, -0.15) is 0 Å². The molecule has 1 atom stereocenters. The van der Waals surface area contributed by atoms with Gasteiger partial charge in [-0.05, 0) is 48.6 Å². The summed E-state index contributed by atoms with van der Waals surface area (Å²) in [5.74, 6) is 2.00. The van der Waals surface area contributed by atoms with Crippen molar-refractivity contribution in [1.29, 1.82) is 0 Å². The van der Waals surface area contributed by atoms with Gasteiger partial charge < -0.3 is 14.1 Å². The number of amides is 1. The fraction of sp³-hybridized carbons (Fsp3) is 0.316. The summed E-state index contributed by atoms with van der Waals surface area (Å²) >= 11 is 1.57. The molecule has 0 aliphatic carbocycles. The standard InChI is InChI=1S/C19H19N3O3S/c1-24-15-8-6-13(7-9-15)19(23)22-10-2-4-14(12-22)17-20-21-18(25-17)16-5-3-11-26-16/h3,5-9,11,14H,2,4,10,12H2,1H3. The summed E-state index contributed by atoms with van der Waals surface area (Å²) in [7, 11) is 1.61. The van der Waals surface area contributed by atoms with Gasteiger partial charge in [0.1, 0.15) is 5.75 Å². The predicted molar refractivity (Wildman–Crippen MR) is 98.5 cm³/mol. The summed E-state index contributed by atoms with van der Waals surface area (Å²) in [6, 6.07) is 11.1. The number of hydrogen-bond donors (Lipinski definition) is 0. The second kappa shape index (κ2) is 7.29. The maximum absolute atomic E-state index is 12.8. The molecule has 1 amide bonds. The van der Waals surface area contributed by atoms with E-state index >= 15 is 0 Å². The number of piperidine rings is 1. The molecule has 1 saturated heterocycles. The van der Waals surface area contributed by atoms with Crippen LogP contribution in [-0.2, 0) is 0 Å². The van der Waals surface area contributed by atoms with Gasteiger partial charge in [-0.15, -0.1) is 21.5 Å². The Labute approximate surface area is 155 Å². The van der Waals surface area contributed by atoms with Gasteiger partial charge in [-0.1, -0.05) is 6.07 Å². The van der Waals surface area contributed by atoms with Crippen LogP contribution in [0.5, 0.6) is 5.75 Å². The summed E-state index contributed by atoms with van der Waals surface area (Å²) in [6.07, 6.45) is 1.86. The predicted octanol–water partition coefficient (Wildman–Crippen LogP) is 3.83. The van der Waals surface area contributed by atoms with Crippen molar-refractivity contribution in [1.82, 2.24) is 15.1 Å². The molecule has 6 nitrogen and oxygen atoms in total. The lowest BCUT2D eigenvalue weighted by atomic mass is 9.97. The molecule has 0 spiro atoms. The number of benzene rings is 1. The maximum atomic E-state index is 12.8. The third-order valence-corrected chi connectivity index (χ3v) is 5.43. The minimum atomic E-state index is 0.0235. The Morgan fingerprint density at radius 2 is 2.12 bits per heavy atom. The van der Waals surface area contributed by atoms with Gasteiger partial charge in [-0.25, -0.2) is 0 Å². The van der Waals surface area contributed by atoms with E-state index in [-0.39, 0.29) is 11.8 Å². The first kappa shape index (κ1) is 16.8. The Bertz CT molecular complexity index is 874. The molecule has 4 rings (SSSR count). The Balaban J connectivity index is 1.47. The smallest absolute Gasteiger partial charge is 0.257 e. The second-order valence-electron chi connectivity index (χ2n) is 6.24. The van der Waals surface area contributed by atoms with E-state index in [9.17, 15) is 4.79 Å². The van der Waals surface area contributed by atoms with Crippen LogP contribution >= 0.6 is 11.3 Å². The Morgan fingerprint density at radius 1 is 1.27 bits per heavy atom. The van der Waals surface area contributed by atoms with Gasteiger partial charge in [0, 0.05) is 18.7 Å². The summed E-state index contributed by atoms with van der Waals surface area (Å²) in [5, 5.41) is 10.4. The minimum absolute atomic E-state index is 0.0235. The monoisotopic (exact) mass is 369 g/mol. The highest BCUT2D eigenvalue weighted by molar-refractivity contribution is 7.13. The van der Waals surface area contributed by atoms with Crippen molar-refractivity contribution in [2.75, 3.05) is 20.2 Å². The first-order valence-electron chi connectivity index (χ1n) is 8.55. The van der Waals surface area contributed by atoms with Crippen LogP contribution in [0.2, 0.25) is 0 Å². The summed E-state index contributed by atoms with van der Waals surface area (Å²) in [5.41, 5.74) is 0.663. The van der Waals surface area contributed by atoms with Crippen LogP contribution in [0.25, 0.3) is 10.8 Å². The molecule has 0 saturated carbocycles. The van der Waals surface area contributed by atoms with Crippen LogP contribution in [-0.4, -0.2) is 41.2 Å². The average Bonchev–Trinajstić information content (AvgIpc) is 3.39. The molecule has 0 radical (unpaired) electrons. The quantitative estimate of drug-likeness (QED) is 0.699. The molecule has 7 heteroatoms. The van der Waals surface area contributed by atoms with Crippen LogP contribution in [0.4, 0.5) is 0 Å². The van der Waals surface area contributed by atoms with Crippen molar-refractivity contribution in [3.8, 4) is 16.5 Å². The summed E-state index contributed by atoms with van der Waals surface area (Å²) in [4.78, 5) is 15.6. The van der Waals surface area contributed by atoms with E-state index in [1.807, 2.05) is 22.4 Å². The van der Waals surface area contributed by atoms with Crippen molar-refractivity contribution >= 4 is 17.2 Å². The number of thiophene rings is 1. The van der Waals surface area contributed by atoms with Gasteiger partial charge in [0.2, 0.25) is 5.89 Å².